The highest BCUT2D eigenvalue weighted by Crippen LogP contribution is 2.32. The average molecular weight is 295 g/mol. The van der Waals surface area contributed by atoms with E-state index in [0.717, 1.165) is 11.0 Å². The lowest BCUT2D eigenvalue weighted by Crippen LogP contribution is -2.27. The Morgan fingerprint density at radius 3 is 2.72 bits per heavy atom. The van der Waals surface area contributed by atoms with E-state index >= 15 is 0 Å². The maximum Gasteiger partial charge on any atom is 0.307 e. The Bertz CT molecular complexity index is 607. The third-order valence-corrected chi connectivity index (χ3v) is 3.88. The number of halogens is 2. The topological polar surface area (TPSA) is 87.6 Å². The molecule has 1 aliphatic heterocycles. The summed E-state index contributed by atoms with van der Waals surface area (Å²) in [5, 5.41) is 8.31. The molecule has 0 radical (unpaired) electrons. The second-order valence-corrected chi connectivity index (χ2v) is 5.86. The van der Waals surface area contributed by atoms with Crippen LogP contribution in [-0.4, -0.2) is 36.2 Å². The lowest BCUT2D eigenvalue weighted by atomic mass is 10.4. The van der Waals surface area contributed by atoms with Gasteiger partial charge < -0.3 is 5.11 Å². The molecule has 1 atom stereocenters. The third-order valence-electron chi connectivity index (χ3n) is 2.56. The zero-order valence-corrected chi connectivity index (χ0v) is 10.4. The molecule has 6 nitrogen and oxygen atoms in total. The number of hydrogen-bond donors (Lipinski definition) is 1. The first-order chi connectivity index (χ1) is 8.29. The van der Waals surface area contributed by atoms with Crippen molar-refractivity contribution in [3.05, 3.63) is 17.3 Å². The van der Waals surface area contributed by atoms with Crippen molar-refractivity contribution in [2.24, 2.45) is 0 Å². The highest BCUT2D eigenvalue weighted by atomic mass is 35.5. The normalized spacial score (nSPS) is 20.4. The van der Waals surface area contributed by atoms with Crippen molar-refractivity contribution in [1.82, 2.24) is 4.98 Å². The van der Waals surface area contributed by atoms with Crippen LogP contribution in [0, 0.1) is 0 Å². The summed E-state index contributed by atoms with van der Waals surface area (Å²) in [7, 11) is -4.80. The van der Waals surface area contributed by atoms with Crippen LogP contribution in [0.1, 0.15) is 6.42 Å². The quantitative estimate of drug-likeness (QED) is 0.817. The molecule has 1 amide bonds. The molecule has 0 bridgehead atoms. The summed E-state index contributed by atoms with van der Waals surface area (Å²) in [4.78, 5) is 16.2. The Kier molecular flexibility index (Phi) is 3.16. The van der Waals surface area contributed by atoms with Gasteiger partial charge in [-0.3, -0.25) is 9.69 Å². The molecule has 9 heteroatoms. The number of anilines is 1. The Morgan fingerprint density at radius 1 is 1.56 bits per heavy atom. The Hall–Kier alpha value is -1.41. The number of aromatic nitrogens is 1. The molecule has 1 unspecified atom stereocenters. The highest BCUT2D eigenvalue weighted by molar-refractivity contribution is 7.87. The van der Waals surface area contributed by atoms with E-state index < -0.39 is 27.8 Å². The van der Waals surface area contributed by atoms with Gasteiger partial charge in [0.05, 0.1) is 5.02 Å². The first-order valence-corrected chi connectivity index (χ1v) is 6.70. The lowest BCUT2D eigenvalue weighted by Gasteiger charge is -2.15. The fourth-order valence-corrected chi connectivity index (χ4v) is 2.52. The van der Waals surface area contributed by atoms with Crippen molar-refractivity contribution in [3.63, 3.8) is 0 Å². The highest BCUT2D eigenvalue weighted by Gasteiger charge is 2.40. The van der Waals surface area contributed by atoms with Gasteiger partial charge in [-0.1, -0.05) is 11.6 Å². The second kappa shape index (κ2) is 4.36. The minimum atomic E-state index is -4.80. The summed E-state index contributed by atoms with van der Waals surface area (Å²) in [6.07, 6.45) is 0.726. The molecule has 1 aromatic heterocycles. The smallest absolute Gasteiger partial charge is 0.307 e. The second-order valence-electron chi connectivity index (χ2n) is 3.80. The van der Waals surface area contributed by atoms with Gasteiger partial charge in [0, 0.05) is 25.2 Å². The number of hydrogen-bond acceptors (Lipinski definition) is 5. The van der Waals surface area contributed by atoms with Crippen LogP contribution >= 0.6 is 11.6 Å². The number of carbonyl (C=O) groups is 1. The molecule has 1 fully saturated rings. The molecule has 1 aromatic rings. The Labute approximate surface area is 107 Å². The molecule has 0 aliphatic carbocycles. The van der Waals surface area contributed by atoms with Crippen molar-refractivity contribution in [2.45, 2.75) is 11.7 Å². The molecule has 0 saturated carbocycles. The van der Waals surface area contributed by atoms with Gasteiger partial charge in [-0.2, -0.15) is 8.42 Å². The molecule has 2 rings (SSSR count). The van der Waals surface area contributed by atoms with Gasteiger partial charge in [-0.05, 0) is 0 Å². The lowest BCUT2D eigenvalue weighted by molar-refractivity contribution is -0.117. The van der Waals surface area contributed by atoms with Gasteiger partial charge in [0.25, 0.3) is 0 Å². The number of pyridine rings is 1. The van der Waals surface area contributed by atoms with E-state index in [1.807, 2.05) is 0 Å². The van der Waals surface area contributed by atoms with Crippen LogP contribution in [0.3, 0.4) is 0 Å². The minimum absolute atomic E-state index is 0.129. The van der Waals surface area contributed by atoms with E-state index in [0.29, 0.717) is 0 Å². The van der Waals surface area contributed by atoms with Crippen LogP contribution in [0.2, 0.25) is 5.02 Å². The molecular weight excluding hydrogens is 287 g/mol. The molecular formula is C9H8ClFN2O4S. The van der Waals surface area contributed by atoms with Gasteiger partial charge in [0.1, 0.15) is 5.25 Å². The van der Waals surface area contributed by atoms with Crippen LogP contribution in [0.15, 0.2) is 12.3 Å². The fourth-order valence-electron chi connectivity index (χ4n) is 1.70. The monoisotopic (exact) mass is 294 g/mol. The van der Waals surface area contributed by atoms with Gasteiger partial charge in [-0.15, -0.1) is 3.89 Å². The summed E-state index contributed by atoms with van der Waals surface area (Å²) in [5.74, 6) is -1.12. The van der Waals surface area contributed by atoms with E-state index in [4.69, 9.17) is 11.6 Å². The number of rotatable bonds is 2. The van der Waals surface area contributed by atoms with E-state index in [-0.39, 0.29) is 23.1 Å². The SMILES string of the molecule is O=C1CC(S(=O)(=O)F)CN1c1ncc(Cl)cc1O. The summed E-state index contributed by atoms with van der Waals surface area (Å²) in [6.45, 7) is -0.375. The molecule has 0 spiro atoms. The van der Waals surface area contributed by atoms with Gasteiger partial charge >= 0.3 is 10.2 Å². The summed E-state index contributed by atoms with van der Waals surface area (Å²) >= 11 is 5.58. The standard InChI is InChI=1S/C9H8ClFN2O4S/c10-5-1-7(14)9(12-3-5)13-4-6(2-8(13)15)18(11,16)17/h1,3,6,14H,2,4H2. The largest absolute Gasteiger partial charge is 0.504 e. The van der Waals surface area contributed by atoms with Gasteiger partial charge in [-0.25, -0.2) is 4.98 Å². The van der Waals surface area contributed by atoms with Crippen molar-refractivity contribution < 1.29 is 22.2 Å². The van der Waals surface area contributed by atoms with E-state index in [1.165, 1.54) is 6.20 Å². The molecule has 1 N–H and O–H groups in total. The maximum atomic E-state index is 12.8. The molecule has 2 heterocycles. The van der Waals surface area contributed by atoms with Crippen LogP contribution in [-0.2, 0) is 15.0 Å². The van der Waals surface area contributed by atoms with E-state index in [9.17, 15) is 22.2 Å². The maximum absolute atomic E-state index is 12.8. The van der Waals surface area contributed by atoms with Crippen molar-refractivity contribution in [2.75, 3.05) is 11.4 Å². The van der Waals surface area contributed by atoms with Crippen LogP contribution in [0.5, 0.6) is 5.75 Å². The molecule has 1 aliphatic rings. The number of carbonyl (C=O) groups excluding carboxylic acids is 1. The Balaban J connectivity index is 2.33. The fraction of sp³-hybridized carbons (Fsp3) is 0.333. The molecule has 0 aromatic carbocycles. The molecule has 18 heavy (non-hydrogen) atoms. The molecule has 1 saturated heterocycles. The number of nitrogens with zero attached hydrogens (tertiary/aromatic N) is 2. The number of aromatic hydroxyl groups is 1. The zero-order valence-electron chi connectivity index (χ0n) is 8.88. The summed E-state index contributed by atoms with van der Waals surface area (Å²) in [6, 6.07) is 1.16. The van der Waals surface area contributed by atoms with Crippen LogP contribution < -0.4 is 4.90 Å². The van der Waals surface area contributed by atoms with Crippen molar-refractivity contribution >= 4 is 33.5 Å². The van der Waals surface area contributed by atoms with E-state index in [1.54, 1.807) is 0 Å². The predicted octanol–water partition coefficient (Wildman–Crippen LogP) is 0.845. The third kappa shape index (κ3) is 2.39. The van der Waals surface area contributed by atoms with Crippen LogP contribution in [0.4, 0.5) is 9.70 Å². The number of amides is 1. The average Bonchev–Trinajstić information content (AvgIpc) is 2.60. The van der Waals surface area contributed by atoms with Crippen molar-refractivity contribution in [3.8, 4) is 5.75 Å². The predicted molar refractivity (Wildman–Crippen MR) is 61.7 cm³/mol. The van der Waals surface area contributed by atoms with Gasteiger partial charge in [0.2, 0.25) is 5.91 Å². The van der Waals surface area contributed by atoms with E-state index in [2.05, 4.69) is 4.98 Å². The summed E-state index contributed by atoms with van der Waals surface area (Å²) < 4.78 is 34.3. The first-order valence-electron chi connectivity index (χ1n) is 4.87. The van der Waals surface area contributed by atoms with Crippen molar-refractivity contribution in [1.29, 1.82) is 0 Å². The summed E-state index contributed by atoms with van der Waals surface area (Å²) in [5.41, 5.74) is 0. The zero-order chi connectivity index (χ0) is 13.5. The first kappa shape index (κ1) is 13.0. The molecule has 98 valence electrons. The van der Waals surface area contributed by atoms with Gasteiger partial charge in [0.15, 0.2) is 11.6 Å². The Morgan fingerprint density at radius 2 is 2.22 bits per heavy atom. The van der Waals surface area contributed by atoms with Crippen LogP contribution in [0.25, 0.3) is 0 Å². The minimum Gasteiger partial charge on any atom is -0.504 e.